The van der Waals surface area contributed by atoms with E-state index in [1.165, 1.54) is 81.2 Å². The summed E-state index contributed by atoms with van der Waals surface area (Å²) in [4.78, 5) is 2.81. The Balaban J connectivity index is 1.56. The highest BCUT2D eigenvalue weighted by Gasteiger charge is 2.33. The second-order valence-corrected chi connectivity index (χ2v) is 16.1. The summed E-state index contributed by atoms with van der Waals surface area (Å²) >= 11 is 2.00. The first kappa shape index (κ1) is 28.2. The fourth-order valence-electron chi connectivity index (χ4n) is 7.12. The Labute approximate surface area is 261 Å². The Morgan fingerprint density at radius 2 is 1.42 bits per heavy atom. The summed E-state index contributed by atoms with van der Waals surface area (Å²) in [5.41, 5.74) is 10.0. The van der Waals surface area contributed by atoms with Gasteiger partial charge in [-0.2, -0.15) is 0 Å². The smallest absolute Gasteiger partial charge is 0.200 e. The summed E-state index contributed by atoms with van der Waals surface area (Å²) in [6.07, 6.45) is 4.39. The van der Waals surface area contributed by atoms with Crippen LogP contribution in [0, 0.1) is 17.8 Å². The monoisotopic (exact) mass is 580 g/mol. The molecule has 1 aromatic heterocycles. The van der Waals surface area contributed by atoms with E-state index in [1.807, 2.05) is 11.8 Å². The fraction of sp³-hybridized carbons (Fsp3) is 0.293. The molecule has 0 fully saturated rings. The number of aromatic nitrogens is 1. The molecule has 43 heavy (non-hydrogen) atoms. The first-order chi connectivity index (χ1) is 20.4. The predicted octanol–water partition coefficient (Wildman–Crippen LogP) is 11.3. The van der Waals surface area contributed by atoms with E-state index in [0.29, 0.717) is 0 Å². The Morgan fingerprint density at radius 3 is 2.14 bits per heavy atom. The number of hydrogen-bond donors (Lipinski definition) is 0. The van der Waals surface area contributed by atoms with Crippen LogP contribution in [0.1, 0.15) is 58.2 Å². The average molecular weight is 581 g/mol. The maximum Gasteiger partial charge on any atom is 0.222 e. The molecule has 0 saturated carbocycles. The molecule has 2 heteroatoms. The van der Waals surface area contributed by atoms with Crippen molar-refractivity contribution in [3.05, 3.63) is 102 Å². The first-order valence-corrected chi connectivity index (χ1v) is 16.4. The van der Waals surface area contributed by atoms with E-state index in [4.69, 9.17) is 0 Å². The lowest BCUT2D eigenvalue weighted by Crippen LogP contribution is -2.32. The minimum atomic E-state index is 0.173. The summed E-state index contributed by atoms with van der Waals surface area (Å²) in [6, 6.07) is 29.8. The fourth-order valence-corrected chi connectivity index (χ4v) is 8.49. The zero-order valence-electron chi connectivity index (χ0n) is 26.9. The summed E-state index contributed by atoms with van der Waals surface area (Å²) < 4.78 is 2.37. The molecule has 0 unspecified atom stereocenters. The first-order valence-electron chi connectivity index (χ1n) is 15.6. The van der Waals surface area contributed by atoms with Gasteiger partial charge in [-0.15, -0.1) is 0 Å². The van der Waals surface area contributed by atoms with Crippen LogP contribution in [0.15, 0.2) is 94.9 Å². The lowest BCUT2D eigenvalue weighted by Gasteiger charge is -2.28. The van der Waals surface area contributed by atoms with Crippen LogP contribution in [-0.2, 0) is 19.9 Å². The molecule has 0 N–H and O–H groups in total. The summed E-state index contributed by atoms with van der Waals surface area (Å²) in [6.45, 7) is 16.5. The van der Waals surface area contributed by atoms with Gasteiger partial charge in [0.05, 0.1) is 10.9 Å². The number of aryl methyl sites for hydroxylation is 2. The standard InChI is InChI=1S/C41H42NS/c1-25-32-20-26(23-40(2,3)4)14-17-30(32)34(24-41(5,6)7)39-36(25)38-37-31(18-19-42(38)8)33-21-28(27-12-10-9-11-13-27)15-16-29(33)22-35(37)43-39/h9-22H,23-24H2,1-8H3/q+1. The van der Waals surface area contributed by atoms with E-state index < -0.39 is 0 Å². The molecule has 0 spiro atoms. The lowest BCUT2D eigenvalue weighted by molar-refractivity contribution is -0.659. The van der Waals surface area contributed by atoms with Gasteiger partial charge in [0.1, 0.15) is 7.05 Å². The Kier molecular flexibility index (Phi) is 6.52. The quantitative estimate of drug-likeness (QED) is 0.148. The van der Waals surface area contributed by atoms with Crippen molar-refractivity contribution in [3.8, 4) is 22.4 Å². The SMILES string of the molecule is Cc1c2c(c(CC(C)(C)C)c3ccc(CC(C)(C)C)cc13)Sc1cc3ccc(-c4ccccc4)cc3c3cc[n+](C)c-2c13. The van der Waals surface area contributed by atoms with Gasteiger partial charge in [-0.05, 0) is 92.1 Å². The highest BCUT2D eigenvalue weighted by Crippen LogP contribution is 2.53. The molecule has 5 aromatic carbocycles. The Morgan fingerprint density at radius 1 is 0.674 bits per heavy atom. The number of benzene rings is 5. The van der Waals surface area contributed by atoms with Crippen LogP contribution in [0.2, 0.25) is 0 Å². The third-order valence-corrected chi connectivity index (χ3v) is 10.1. The lowest BCUT2D eigenvalue weighted by atomic mass is 9.81. The second-order valence-electron chi connectivity index (χ2n) is 15.0. The minimum Gasteiger partial charge on any atom is -0.200 e. The van der Waals surface area contributed by atoms with Crippen molar-refractivity contribution < 1.29 is 4.57 Å². The van der Waals surface area contributed by atoms with Crippen LogP contribution < -0.4 is 4.57 Å². The van der Waals surface area contributed by atoms with Gasteiger partial charge < -0.3 is 0 Å². The van der Waals surface area contributed by atoms with E-state index in [0.717, 1.165) is 12.8 Å². The predicted molar refractivity (Wildman–Crippen MR) is 186 cm³/mol. The molecule has 0 amide bonds. The third-order valence-electron chi connectivity index (χ3n) is 8.89. The molecule has 0 radical (unpaired) electrons. The van der Waals surface area contributed by atoms with Crippen LogP contribution >= 0.6 is 11.8 Å². The van der Waals surface area contributed by atoms with Crippen molar-refractivity contribution >= 4 is 44.1 Å². The van der Waals surface area contributed by atoms with Gasteiger partial charge in [-0.3, -0.25) is 0 Å². The molecule has 0 aliphatic carbocycles. The molecule has 0 saturated heterocycles. The van der Waals surface area contributed by atoms with Gasteiger partial charge in [0.25, 0.3) is 0 Å². The summed E-state index contributed by atoms with van der Waals surface area (Å²) in [7, 11) is 2.23. The highest BCUT2D eigenvalue weighted by molar-refractivity contribution is 8.00. The largest absolute Gasteiger partial charge is 0.222 e. The van der Waals surface area contributed by atoms with Crippen LogP contribution in [0.25, 0.3) is 54.7 Å². The molecule has 1 nitrogen and oxygen atoms in total. The van der Waals surface area contributed by atoms with Crippen LogP contribution in [-0.4, -0.2) is 0 Å². The van der Waals surface area contributed by atoms with Crippen molar-refractivity contribution in [2.75, 3.05) is 0 Å². The number of hydrogen-bond acceptors (Lipinski definition) is 1. The summed E-state index contributed by atoms with van der Waals surface area (Å²) in [5, 5.41) is 8.19. The van der Waals surface area contributed by atoms with Crippen molar-refractivity contribution in [2.24, 2.45) is 17.9 Å². The maximum atomic E-state index is 2.50. The van der Waals surface area contributed by atoms with E-state index in [1.54, 1.807) is 0 Å². The molecule has 216 valence electrons. The van der Waals surface area contributed by atoms with Gasteiger partial charge >= 0.3 is 0 Å². The van der Waals surface area contributed by atoms with Crippen molar-refractivity contribution in [2.45, 2.75) is 71.1 Å². The van der Waals surface area contributed by atoms with Crippen LogP contribution in [0.4, 0.5) is 0 Å². The number of nitrogens with zero attached hydrogens (tertiary/aromatic N) is 1. The number of fused-ring (bicyclic) bond motifs is 5. The molecule has 1 aliphatic heterocycles. The van der Waals surface area contributed by atoms with Crippen molar-refractivity contribution in [1.29, 1.82) is 0 Å². The number of rotatable bonds is 3. The second kappa shape index (κ2) is 9.96. The van der Waals surface area contributed by atoms with Crippen LogP contribution in [0.5, 0.6) is 0 Å². The van der Waals surface area contributed by atoms with Crippen molar-refractivity contribution in [1.82, 2.24) is 0 Å². The van der Waals surface area contributed by atoms with E-state index in [2.05, 4.69) is 145 Å². The molecule has 0 atom stereocenters. The topological polar surface area (TPSA) is 3.88 Å². The highest BCUT2D eigenvalue weighted by atomic mass is 32.2. The van der Waals surface area contributed by atoms with Gasteiger partial charge in [0.2, 0.25) is 5.69 Å². The van der Waals surface area contributed by atoms with Gasteiger partial charge in [-0.25, -0.2) is 4.57 Å². The molecule has 1 aliphatic rings. The van der Waals surface area contributed by atoms with E-state index >= 15 is 0 Å². The Bertz CT molecular complexity index is 2070. The summed E-state index contributed by atoms with van der Waals surface area (Å²) in [5.74, 6) is 0. The average Bonchev–Trinajstić information content (AvgIpc) is 2.95. The number of pyridine rings is 1. The third kappa shape index (κ3) is 4.94. The van der Waals surface area contributed by atoms with Crippen LogP contribution in [0.3, 0.4) is 0 Å². The van der Waals surface area contributed by atoms with E-state index in [9.17, 15) is 0 Å². The van der Waals surface area contributed by atoms with Gasteiger partial charge in [0.15, 0.2) is 6.20 Å². The van der Waals surface area contributed by atoms with Crippen molar-refractivity contribution in [3.63, 3.8) is 0 Å². The van der Waals surface area contributed by atoms with Gasteiger partial charge in [-0.1, -0.05) is 114 Å². The van der Waals surface area contributed by atoms with Gasteiger partial charge in [0, 0.05) is 21.2 Å². The molecule has 7 rings (SSSR count). The molecule has 6 aromatic rings. The molecular formula is C41H42NS+. The zero-order valence-corrected chi connectivity index (χ0v) is 27.7. The maximum absolute atomic E-state index is 2.50. The minimum absolute atomic E-state index is 0.173. The molecular weight excluding hydrogens is 539 g/mol. The van der Waals surface area contributed by atoms with E-state index in [-0.39, 0.29) is 10.8 Å². The molecule has 0 bridgehead atoms. The zero-order chi connectivity index (χ0) is 30.3. The molecule has 2 heterocycles. The Hall–Kier alpha value is -3.62. The normalized spacial score (nSPS) is 13.2.